The van der Waals surface area contributed by atoms with Gasteiger partial charge in [-0.2, -0.15) is 0 Å². The molecule has 1 saturated carbocycles. The standard InChI is InChI=1S/C9H16IO/c1-7(2)9(11)10-8-5-3-4-6-8/h7-8H,3-6H2,1-2H3/q-1. The Morgan fingerprint density at radius 3 is 2.36 bits per heavy atom. The molecule has 1 aliphatic carbocycles. The summed E-state index contributed by atoms with van der Waals surface area (Å²) in [5.41, 5.74) is 0. The van der Waals surface area contributed by atoms with E-state index in [1.807, 2.05) is 13.8 Å². The van der Waals surface area contributed by atoms with Crippen LogP contribution in [0.25, 0.3) is 0 Å². The second-order valence-electron chi connectivity index (χ2n) is 3.45. The second-order valence-corrected chi connectivity index (χ2v) is 6.90. The predicted octanol–water partition coefficient (Wildman–Crippen LogP) is -0.799. The first-order valence-corrected chi connectivity index (χ1v) is 6.70. The first-order chi connectivity index (χ1) is 5.20. The van der Waals surface area contributed by atoms with Gasteiger partial charge in [-0.15, -0.1) is 0 Å². The Bertz CT molecular complexity index is 136. The van der Waals surface area contributed by atoms with Gasteiger partial charge in [0, 0.05) is 0 Å². The molecule has 0 bridgehead atoms. The number of alkyl halides is 1. The van der Waals surface area contributed by atoms with Gasteiger partial charge in [0.15, 0.2) is 0 Å². The van der Waals surface area contributed by atoms with E-state index < -0.39 is 0 Å². The molecule has 1 rings (SSSR count). The summed E-state index contributed by atoms with van der Waals surface area (Å²) in [6.45, 7) is 4.05. The number of hydrogen-bond acceptors (Lipinski definition) is 1. The van der Waals surface area contributed by atoms with Crippen molar-refractivity contribution in [3.05, 3.63) is 0 Å². The van der Waals surface area contributed by atoms with E-state index in [0.29, 0.717) is 9.71 Å². The molecule has 0 heterocycles. The summed E-state index contributed by atoms with van der Waals surface area (Å²) in [4.78, 5) is 11.3. The Kier molecular flexibility index (Phi) is 3.82. The maximum absolute atomic E-state index is 11.3. The molecular weight excluding hydrogens is 251 g/mol. The Balaban J connectivity index is 2.24. The van der Waals surface area contributed by atoms with Gasteiger partial charge in [-0.25, -0.2) is 0 Å². The van der Waals surface area contributed by atoms with Gasteiger partial charge < -0.3 is 0 Å². The quantitative estimate of drug-likeness (QED) is 0.372. The summed E-state index contributed by atoms with van der Waals surface area (Å²) >= 11 is -0.121. The SMILES string of the molecule is CC(C)C(=O)[I-]C1CCCC1. The molecule has 0 atom stereocenters. The predicted molar refractivity (Wildman–Crippen MR) is 42.1 cm³/mol. The van der Waals surface area contributed by atoms with Gasteiger partial charge in [-0.05, 0) is 0 Å². The zero-order chi connectivity index (χ0) is 8.27. The molecular formula is C9H16IO-. The first-order valence-electron chi connectivity index (χ1n) is 4.37. The van der Waals surface area contributed by atoms with E-state index in [1.54, 1.807) is 0 Å². The number of halogens is 1. The van der Waals surface area contributed by atoms with Crippen LogP contribution in [0.5, 0.6) is 0 Å². The van der Waals surface area contributed by atoms with Crippen LogP contribution in [0.2, 0.25) is 0 Å². The van der Waals surface area contributed by atoms with Crippen molar-refractivity contribution in [2.45, 2.75) is 43.5 Å². The minimum atomic E-state index is -0.121. The summed E-state index contributed by atoms with van der Waals surface area (Å²) in [6.07, 6.45) is 5.42. The second kappa shape index (κ2) is 4.43. The molecule has 0 radical (unpaired) electrons. The van der Waals surface area contributed by atoms with Gasteiger partial charge in [-0.3, -0.25) is 0 Å². The third-order valence-electron chi connectivity index (χ3n) is 2.00. The molecule has 0 aromatic carbocycles. The Labute approximate surface area is 79.2 Å². The first kappa shape index (κ1) is 9.49. The van der Waals surface area contributed by atoms with Crippen LogP contribution in [0.3, 0.4) is 0 Å². The summed E-state index contributed by atoms with van der Waals surface area (Å²) in [7, 11) is 0. The number of rotatable bonds is 3. The zero-order valence-electron chi connectivity index (χ0n) is 7.27. The van der Waals surface area contributed by atoms with E-state index in [2.05, 4.69) is 0 Å². The van der Waals surface area contributed by atoms with Gasteiger partial charge in [0.1, 0.15) is 0 Å². The van der Waals surface area contributed by atoms with Gasteiger partial charge >= 0.3 is 79.2 Å². The molecule has 1 nitrogen and oxygen atoms in total. The normalized spacial score (nSPS) is 19.9. The molecule has 66 valence electrons. The van der Waals surface area contributed by atoms with Crippen molar-refractivity contribution in [2.24, 2.45) is 5.92 Å². The van der Waals surface area contributed by atoms with Gasteiger partial charge in [0.05, 0.1) is 0 Å². The van der Waals surface area contributed by atoms with Crippen LogP contribution >= 0.6 is 0 Å². The number of carbonyl (C=O) groups is 1. The van der Waals surface area contributed by atoms with Crippen molar-refractivity contribution < 1.29 is 26.0 Å². The summed E-state index contributed by atoms with van der Waals surface area (Å²) in [5, 5.41) is 0. The number of carbonyl (C=O) groups excluding carboxylic acids is 1. The van der Waals surface area contributed by atoms with E-state index in [4.69, 9.17) is 0 Å². The molecule has 0 amide bonds. The number of hydrogen-bond donors (Lipinski definition) is 0. The van der Waals surface area contributed by atoms with E-state index in [9.17, 15) is 4.79 Å². The fourth-order valence-electron chi connectivity index (χ4n) is 1.26. The summed E-state index contributed by atoms with van der Waals surface area (Å²) in [5.74, 6) is 0.295. The molecule has 0 aromatic rings. The fourth-order valence-corrected chi connectivity index (χ4v) is 4.35. The van der Waals surface area contributed by atoms with Gasteiger partial charge in [0.25, 0.3) is 0 Å². The molecule has 1 fully saturated rings. The monoisotopic (exact) mass is 267 g/mol. The van der Waals surface area contributed by atoms with Crippen LogP contribution in [0, 0.1) is 5.92 Å². The molecule has 0 N–H and O–H groups in total. The van der Waals surface area contributed by atoms with Crippen molar-refractivity contribution >= 4 is 3.79 Å². The molecule has 2 heteroatoms. The van der Waals surface area contributed by atoms with Crippen LogP contribution in [-0.2, 0) is 4.79 Å². The van der Waals surface area contributed by atoms with Crippen LogP contribution in [0.4, 0.5) is 0 Å². The summed E-state index contributed by atoms with van der Waals surface area (Å²) < 4.78 is 1.40. The Morgan fingerprint density at radius 2 is 1.91 bits per heavy atom. The Hall–Kier alpha value is 0.400. The molecule has 0 aromatic heterocycles. The van der Waals surface area contributed by atoms with Crippen molar-refractivity contribution in [2.75, 3.05) is 0 Å². The fraction of sp³-hybridized carbons (Fsp3) is 0.889. The zero-order valence-corrected chi connectivity index (χ0v) is 9.43. The van der Waals surface area contributed by atoms with Crippen LogP contribution < -0.4 is 21.2 Å². The Morgan fingerprint density at radius 1 is 1.36 bits per heavy atom. The molecule has 11 heavy (non-hydrogen) atoms. The van der Waals surface area contributed by atoms with Gasteiger partial charge in [-0.1, -0.05) is 0 Å². The van der Waals surface area contributed by atoms with E-state index in [0.717, 1.165) is 3.92 Å². The molecule has 0 unspecified atom stereocenters. The topological polar surface area (TPSA) is 17.1 Å². The van der Waals surface area contributed by atoms with Crippen LogP contribution in [0.15, 0.2) is 0 Å². The van der Waals surface area contributed by atoms with Crippen molar-refractivity contribution in [1.82, 2.24) is 0 Å². The van der Waals surface area contributed by atoms with Crippen molar-refractivity contribution in [1.29, 1.82) is 0 Å². The van der Waals surface area contributed by atoms with E-state index >= 15 is 0 Å². The van der Waals surface area contributed by atoms with Crippen molar-refractivity contribution in [3.8, 4) is 0 Å². The average molecular weight is 267 g/mol. The van der Waals surface area contributed by atoms with Gasteiger partial charge in [0.2, 0.25) is 0 Å². The van der Waals surface area contributed by atoms with Crippen LogP contribution in [-0.4, -0.2) is 7.71 Å². The van der Waals surface area contributed by atoms with Crippen LogP contribution in [0.1, 0.15) is 39.5 Å². The van der Waals surface area contributed by atoms with E-state index in [-0.39, 0.29) is 21.2 Å². The van der Waals surface area contributed by atoms with E-state index in [1.165, 1.54) is 25.7 Å². The average Bonchev–Trinajstić information content (AvgIpc) is 2.39. The summed E-state index contributed by atoms with van der Waals surface area (Å²) in [6, 6.07) is 0. The molecule has 0 aliphatic heterocycles. The third-order valence-corrected chi connectivity index (χ3v) is 5.99. The molecule has 1 aliphatic rings. The minimum absolute atomic E-state index is 0.121. The third kappa shape index (κ3) is 3.09. The van der Waals surface area contributed by atoms with Crippen molar-refractivity contribution in [3.63, 3.8) is 0 Å². The maximum atomic E-state index is 11.3. The molecule has 0 spiro atoms. The molecule has 0 saturated heterocycles.